The Labute approximate surface area is 346 Å². The molecular weight excluding hydrogens is 776 g/mol. The molecule has 9 rings (SSSR count). The molecule has 1 spiro atoms. The zero-order chi connectivity index (χ0) is 40.8. The summed E-state index contributed by atoms with van der Waals surface area (Å²) in [7, 11) is 0. The quantitative estimate of drug-likeness (QED) is 0.235. The smallest absolute Gasteiger partial charge is 0.272 e. The van der Waals surface area contributed by atoms with Crippen molar-refractivity contribution in [3.63, 3.8) is 0 Å². The zero-order valence-corrected chi connectivity index (χ0v) is 33.3. The van der Waals surface area contributed by atoms with E-state index in [1.165, 1.54) is 0 Å². The van der Waals surface area contributed by atoms with E-state index in [0.29, 0.717) is 45.8 Å². The number of nitrogens with zero attached hydrogens (tertiary/aromatic N) is 6. The highest BCUT2D eigenvalue weighted by Crippen LogP contribution is 2.44. The van der Waals surface area contributed by atoms with Crippen LogP contribution < -0.4 is 25.0 Å². The molecule has 1 atom stereocenters. The predicted octanol–water partition coefficient (Wildman–Crippen LogP) is 4.89. The number of hydrogen-bond donors (Lipinski definition) is 2. The normalized spacial score (nSPS) is 24.3. The summed E-state index contributed by atoms with van der Waals surface area (Å²) in [6.07, 6.45) is 7.80. The second-order valence-corrected chi connectivity index (χ2v) is 17.1. The molecule has 4 fully saturated rings. The van der Waals surface area contributed by atoms with Crippen molar-refractivity contribution in [2.24, 2.45) is 5.92 Å². The summed E-state index contributed by atoms with van der Waals surface area (Å²) in [5.41, 5.74) is 1.78. The Morgan fingerprint density at radius 2 is 1.68 bits per heavy atom. The van der Waals surface area contributed by atoms with E-state index < -0.39 is 29.7 Å². The number of amides is 5. The molecule has 6 heterocycles. The van der Waals surface area contributed by atoms with Crippen molar-refractivity contribution in [1.82, 2.24) is 30.6 Å². The van der Waals surface area contributed by atoms with Crippen LogP contribution in [-0.4, -0.2) is 106 Å². The highest BCUT2D eigenvalue weighted by atomic mass is 35.5. The number of fused-ring (bicyclic) bond motifs is 2. The molecule has 3 saturated heterocycles. The molecule has 1 unspecified atom stereocenters. The fourth-order valence-electron chi connectivity index (χ4n) is 9.57. The third-order valence-corrected chi connectivity index (χ3v) is 13.2. The van der Waals surface area contributed by atoms with E-state index in [-0.39, 0.29) is 42.1 Å². The van der Waals surface area contributed by atoms with Crippen LogP contribution in [0.1, 0.15) is 101 Å². The third-order valence-electron chi connectivity index (χ3n) is 12.9. The average molecular weight is 821 g/mol. The Bertz CT molecular complexity index is 2190. The van der Waals surface area contributed by atoms with E-state index in [9.17, 15) is 24.0 Å². The first-order valence-corrected chi connectivity index (χ1v) is 21.0. The first-order chi connectivity index (χ1) is 28.5. The van der Waals surface area contributed by atoms with Crippen LogP contribution in [0.2, 0.25) is 5.02 Å². The van der Waals surface area contributed by atoms with E-state index in [4.69, 9.17) is 27.6 Å². The number of hydrogen-bond acceptors (Lipinski definition) is 11. The average Bonchev–Trinajstić information content (AvgIpc) is 3.70. The summed E-state index contributed by atoms with van der Waals surface area (Å²) in [6, 6.07) is 11.2. The van der Waals surface area contributed by atoms with Gasteiger partial charge in [0.05, 0.1) is 28.8 Å². The number of ether oxygens (including phenoxy) is 2. The van der Waals surface area contributed by atoms with Crippen LogP contribution in [0.4, 0.5) is 11.5 Å². The Hall–Kier alpha value is -5.59. The van der Waals surface area contributed by atoms with Gasteiger partial charge in [0.25, 0.3) is 17.7 Å². The van der Waals surface area contributed by atoms with E-state index in [0.717, 1.165) is 100 Å². The summed E-state index contributed by atoms with van der Waals surface area (Å²) in [4.78, 5) is 72.9. The van der Waals surface area contributed by atoms with Gasteiger partial charge in [-0.2, -0.15) is 0 Å². The number of carbonyl (C=O) groups excluding carboxylic acids is 5. The number of nitrogens with one attached hydrogen (secondary N) is 2. The lowest BCUT2D eigenvalue weighted by molar-refractivity contribution is -0.136. The number of benzene rings is 2. The fourth-order valence-corrected chi connectivity index (χ4v) is 9.78. The molecule has 6 aliphatic rings. The number of likely N-dealkylation sites (tertiary alicyclic amines) is 1. The SMILES string of the molecule is [C-]#[N+]c1ccc(OC2CCC(NC(=O)c3ccc(N4CCC(CN5CCC6(CC5)Cc5cc7c(cc5O6)C(=O)N(C5CCC(=O)NC5=O)C7=O)CC4)nn3)CC2)cc1Cl. The molecule has 1 aromatic heterocycles. The van der Waals surface area contributed by atoms with E-state index in [2.05, 4.69) is 35.5 Å². The van der Waals surface area contributed by atoms with Crippen LogP contribution in [0.3, 0.4) is 0 Å². The molecule has 0 bridgehead atoms. The third kappa shape index (κ3) is 7.83. The summed E-state index contributed by atoms with van der Waals surface area (Å²) < 4.78 is 12.6. The van der Waals surface area contributed by atoms with Crippen molar-refractivity contribution in [3.8, 4) is 11.5 Å². The maximum Gasteiger partial charge on any atom is 0.272 e. The maximum atomic E-state index is 13.4. The molecule has 306 valence electrons. The lowest BCUT2D eigenvalue weighted by Crippen LogP contribution is -2.54. The highest BCUT2D eigenvalue weighted by Gasteiger charge is 2.48. The first-order valence-electron chi connectivity index (χ1n) is 20.6. The predicted molar refractivity (Wildman–Crippen MR) is 215 cm³/mol. The number of aromatic nitrogens is 2. The maximum absolute atomic E-state index is 13.4. The number of imide groups is 2. The largest absolute Gasteiger partial charge is 0.490 e. The molecule has 16 heteroatoms. The highest BCUT2D eigenvalue weighted by molar-refractivity contribution is 6.33. The number of rotatable bonds is 8. The lowest BCUT2D eigenvalue weighted by atomic mass is 9.86. The number of halogens is 1. The Morgan fingerprint density at radius 1 is 0.932 bits per heavy atom. The number of carbonyl (C=O) groups is 5. The van der Waals surface area contributed by atoms with Crippen molar-refractivity contribution in [1.29, 1.82) is 0 Å². The molecule has 5 amide bonds. The molecule has 5 aliphatic heterocycles. The molecule has 2 aromatic carbocycles. The molecule has 3 aromatic rings. The van der Waals surface area contributed by atoms with Gasteiger partial charge in [0.2, 0.25) is 17.5 Å². The number of piperidine rings is 3. The van der Waals surface area contributed by atoms with Crippen LogP contribution >= 0.6 is 11.6 Å². The molecule has 15 nitrogen and oxygen atoms in total. The standard InChI is InChI=1S/C43H45ClN8O7/c1-45-33-7-6-29(21-32(33)44)58-28-4-2-27(3-5-28)46-39(54)34-8-10-37(49-48-34)51-16-12-25(13-17-51)24-50-18-14-43(15-19-50)23-26-20-30-31(22-36(26)59-43)42(57)52(41(30)56)35-9-11-38(53)47-40(35)55/h6-8,10,20-22,25,27-28,35H,2-5,9,11-19,23-24H2,(H,46,54)(H,47,53,55). The van der Waals surface area contributed by atoms with Crippen LogP contribution in [0.25, 0.3) is 4.85 Å². The Morgan fingerprint density at radius 3 is 2.36 bits per heavy atom. The van der Waals surface area contributed by atoms with Gasteiger partial charge in [-0.25, -0.2) is 4.85 Å². The summed E-state index contributed by atoms with van der Waals surface area (Å²) in [5.74, 6) is 0.340. The first kappa shape index (κ1) is 38.9. The van der Waals surface area contributed by atoms with Gasteiger partial charge in [-0.15, -0.1) is 10.2 Å². The van der Waals surface area contributed by atoms with Gasteiger partial charge in [0.1, 0.15) is 23.1 Å². The van der Waals surface area contributed by atoms with Gasteiger partial charge in [-0.1, -0.05) is 17.7 Å². The van der Waals surface area contributed by atoms with Crippen molar-refractivity contribution in [2.45, 2.75) is 94.4 Å². The monoisotopic (exact) mass is 820 g/mol. The van der Waals surface area contributed by atoms with E-state index >= 15 is 0 Å². The van der Waals surface area contributed by atoms with Crippen LogP contribution in [0.5, 0.6) is 11.5 Å². The molecule has 2 N–H and O–H groups in total. The molecule has 1 aliphatic carbocycles. The van der Waals surface area contributed by atoms with Gasteiger partial charge < -0.3 is 24.6 Å². The van der Waals surface area contributed by atoms with E-state index in [1.807, 2.05) is 6.07 Å². The van der Waals surface area contributed by atoms with Gasteiger partial charge >= 0.3 is 0 Å². The van der Waals surface area contributed by atoms with E-state index in [1.54, 1.807) is 36.4 Å². The second-order valence-electron chi connectivity index (χ2n) is 16.7. The fraction of sp³-hybridized carbons (Fsp3) is 0.488. The van der Waals surface area contributed by atoms with Crippen molar-refractivity contribution in [3.05, 3.63) is 81.3 Å². The molecule has 1 saturated carbocycles. The minimum atomic E-state index is -0.992. The lowest BCUT2D eigenvalue weighted by Gasteiger charge is -2.41. The van der Waals surface area contributed by atoms with Crippen molar-refractivity contribution in [2.75, 3.05) is 37.6 Å². The van der Waals surface area contributed by atoms with Crippen LogP contribution in [0, 0.1) is 12.5 Å². The van der Waals surface area contributed by atoms with Gasteiger partial charge in [-0.3, -0.25) is 34.2 Å². The Kier molecular flexibility index (Phi) is 10.5. The molecular formula is C43H45ClN8O7. The summed E-state index contributed by atoms with van der Waals surface area (Å²) in [6.45, 7) is 11.7. The van der Waals surface area contributed by atoms with Crippen molar-refractivity contribution < 1.29 is 33.4 Å². The second kappa shape index (κ2) is 15.9. The van der Waals surface area contributed by atoms with Crippen LogP contribution in [-0.2, 0) is 16.0 Å². The molecule has 0 radical (unpaired) electrons. The zero-order valence-electron chi connectivity index (χ0n) is 32.6. The topological polar surface area (TPSA) is 168 Å². The van der Waals surface area contributed by atoms with Gasteiger partial charge in [-0.05, 0) is 92.8 Å². The van der Waals surface area contributed by atoms with Gasteiger partial charge in [0, 0.05) is 64.4 Å². The number of anilines is 1. The minimum absolute atomic E-state index is 0.0231. The minimum Gasteiger partial charge on any atom is -0.490 e. The molecule has 59 heavy (non-hydrogen) atoms. The van der Waals surface area contributed by atoms with Gasteiger partial charge in [0.15, 0.2) is 11.5 Å². The van der Waals surface area contributed by atoms with Crippen molar-refractivity contribution >= 4 is 52.6 Å². The summed E-state index contributed by atoms with van der Waals surface area (Å²) in [5, 5.41) is 14.4. The summed E-state index contributed by atoms with van der Waals surface area (Å²) >= 11 is 6.16. The van der Waals surface area contributed by atoms with Crippen LogP contribution in [0.15, 0.2) is 42.5 Å². The Balaban J connectivity index is 0.702.